The third kappa shape index (κ3) is 2.44. The van der Waals surface area contributed by atoms with Crippen molar-refractivity contribution in [1.29, 1.82) is 0 Å². The van der Waals surface area contributed by atoms with E-state index in [1.807, 2.05) is 30.3 Å². The second-order valence-electron chi connectivity index (χ2n) is 7.35. The number of thiophene rings is 1. The highest BCUT2D eigenvalue weighted by molar-refractivity contribution is 7.23. The molecule has 0 saturated carbocycles. The average molecular weight is 425 g/mol. The van der Waals surface area contributed by atoms with Crippen molar-refractivity contribution in [3.63, 3.8) is 0 Å². The summed E-state index contributed by atoms with van der Waals surface area (Å²) in [6.07, 6.45) is 5.22. The molecule has 3 N–H and O–H groups in total. The molecule has 0 aliphatic heterocycles. The molecule has 7 rings (SSSR count). The van der Waals surface area contributed by atoms with Gasteiger partial charge in [0.15, 0.2) is 5.65 Å². The van der Waals surface area contributed by atoms with E-state index in [1.54, 1.807) is 29.9 Å². The van der Waals surface area contributed by atoms with Crippen molar-refractivity contribution >= 4 is 75.8 Å². The number of fused-ring (bicyclic) bond motifs is 9. The number of rotatable bonds is 0. The van der Waals surface area contributed by atoms with Crippen molar-refractivity contribution in [3.05, 3.63) is 60.8 Å². The van der Waals surface area contributed by atoms with Crippen LogP contribution >= 0.6 is 11.3 Å². The molecule has 148 valence electrons. The van der Waals surface area contributed by atoms with Crippen molar-refractivity contribution in [1.82, 2.24) is 35.1 Å². The number of aromatic amines is 3. The molecule has 6 heterocycles. The van der Waals surface area contributed by atoms with Crippen LogP contribution in [-0.2, 0) is 0 Å². The minimum Gasteiger partial charge on any atom is -0.346 e. The highest BCUT2D eigenvalue weighted by Crippen LogP contribution is 2.29. The van der Waals surface area contributed by atoms with E-state index in [0.29, 0.717) is 27.5 Å². The van der Waals surface area contributed by atoms with Crippen LogP contribution in [0.15, 0.2) is 55.0 Å². The smallest absolute Gasteiger partial charge is 0.159 e. The van der Waals surface area contributed by atoms with Crippen molar-refractivity contribution < 1.29 is 4.39 Å². The number of halogens is 1. The van der Waals surface area contributed by atoms with Gasteiger partial charge < -0.3 is 9.97 Å². The molecule has 9 heteroatoms. The van der Waals surface area contributed by atoms with Crippen LogP contribution in [0.25, 0.3) is 64.4 Å². The number of benzene rings is 1. The van der Waals surface area contributed by atoms with Gasteiger partial charge in [-0.25, -0.2) is 9.37 Å². The monoisotopic (exact) mass is 425 g/mol. The highest BCUT2D eigenvalue weighted by atomic mass is 32.1. The summed E-state index contributed by atoms with van der Waals surface area (Å²) in [4.78, 5) is 21.4. The number of aromatic nitrogens is 7. The van der Waals surface area contributed by atoms with Crippen LogP contribution in [0, 0.1) is 5.82 Å². The Morgan fingerprint density at radius 1 is 0.903 bits per heavy atom. The Morgan fingerprint density at radius 2 is 1.87 bits per heavy atom. The van der Waals surface area contributed by atoms with Gasteiger partial charge in [-0.2, -0.15) is 5.10 Å². The molecule has 0 aliphatic carbocycles. The summed E-state index contributed by atoms with van der Waals surface area (Å²) in [6, 6.07) is 11.3. The standard InChI is InChI=1S/C22H12FN7S/c23-14-7-10-6-13-18(14)29-30-19(13)22-27-15-3-4-25-21(20(15)28-22)16-1-2-17(31-16)26-12-5-11(10)8-24-9-12/h1-9,26H,(H,27,28)(H,29,30). The minimum absolute atomic E-state index is 0.339. The molecule has 0 fully saturated rings. The Kier molecular flexibility index (Phi) is 3.20. The quantitative estimate of drug-likeness (QED) is 0.299. The fourth-order valence-corrected chi connectivity index (χ4v) is 4.92. The lowest BCUT2D eigenvalue weighted by Gasteiger charge is -1.98. The summed E-state index contributed by atoms with van der Waals surface area (Å²) in [7, 11) is 0. The normalized spacial score (nSPS) is 12.0. The molecule has 0 atom stereocenters. The molecule has 0 spiro atoms. The maximum Gasteiger partial charge on any atom is 0.159 e. The number of imidazole rings is 1. The topological polar surface area (TPSA) is 98.9 Å². The summed E-state index contributed by atoms with van der Waals surface area (Å²) >= 11 is 1.58. The average Bonchev–Trinajstić information content (AvgIpc) is 3.50. The fourth-order valence-electron chi connectivity index (χ4n) is 3.99. The molecule has 0 radical (unpaired) electrons. The maximum absolute atomic E-state index is 14.9. The predicted molar refractivity (Wildman–Crippen MR) is 121 cm³/mol. The SMILES string of the molecule is Fc1cc2cc3c1[nH]nc3c1nc3c(ccnc3c3ccc([nH]c4cncc2c4)s3)[nH]1. The Balaban J connectivity index is 1.81. The summed E-state index contributed by atoms with van der Waals surface area (Å²) in [5.74, 6) is -0.380. The van der Waals surface area contributed by atoms with Gasteiger partial charge in [0, 0.05) is 23.2 Å². The molecule has 7 aromatic rings. The molecular weight excluding hydrogens is 413 g/mol. The lowest BCUT2D eigenvalue weighted by atomic mass is 10.1. The first kappa shape index (κ1) is 16.7. The van der Waals surface area contributed by atoms with Crippen LogP contribution < -0.4 is 0 Å². The highest BCUT2D eigenvalue weighted by Gasteiger charge is 2.12. The van der Waals surface area contributed by atoms with E-state index in [1.165, 1.54) is 6.07 Å². The first-order chi connectivity index (χ1) is 15.2. The molecule has 0 saturated heterocycles. The Hall–Kier alpha value is -4.11. The van der Waals surface area contributed by atoms with Crippen molar-refractivity contribution in [2.24, 2.45) is 0 Å². The zero-order chi connectivity index (χ0) is 20.5. The van der Waals surface area contributed by atoms with Gasteiger partial charge in [0.2, 0.25) is 0 Å². The fraction of sp³-hybridized carbons (Fsp3) is 0. The van der Waals surface area contributed by atoms with E-state index in [0.717, 1.165) is 37.0 Å². The second-order valence-corrected chi connectivity index (χ2v) is 8.43. The van der Waals surface area contributed by atoms with Gasteiger partial charge in [-0.15, -0.1) is 11.3 Å². The number of hydrogen-bond acceptors (Lipinski definition) is 5. The van der Waals surface area contributed by atoms with Gasteiger partial charge in [0.05, 0.1) is 26.8 Å². The molecular formula is C22H12FN7S. The first-order valence-corrected chi connectivity index (χ1v) is 10.4. The molecule has 0 aliphatic rings. The van der Waals surface area contributed by atoms with Gasteiger partial charge in [0.25, 0.3) is 0 Å². The number of nitrogens with zero attached hydrogens (tertiary/aromatic N) is 4. The second kappa shape index (κ2) is 5.96. The Bertz CT molecular complexity index is 1870. The van der Waals surface area contributed by atoms with Gasteiger partial charge >= 0.3 is 0 Å². The lowest BCUT2D eigenvalue weighted by molar-refractivity contribution is 0.637. The molecule has 0 unspecified atom stereocenters. The summed E-state index contributed by atoms with van der Waals surface area (Å²) in [5.41, 5.74) is 4.65. The summed E-state index contributed by atoms with van der Waals surface area (Å²) in [5, 5.41) is 9.35. The van der Waals surface area contributed by atoms with Crippen LogP contribution in [0.4, 0.5) is 4.39 Å². The van der Waals surface area contributed by atoms with Crippen LogP contribution in [0.1, 0.15) is 0 Å². The minimum atomic E-state index is -0.380. The molecule has 7 nitrogen and oxygen atoms in total. The number of pyridine rings is 2. The lowest BCUT2D eigenvalue weighted by Crippen LogP contribution is -1.81. The van der Waals surface area contributed by atoms with E-state index in [4.69, 9.17) is 4.98 Å². The molecule has 1 aromatic carbocycles. The van der Waals surface area contributed by atoms with E-state index in [9.17, 15) is 4.39 Å². The van der Waals surface area contributed by atoms with E-state index >= 15 is 0 Å². The zero-order valence-corrected chi connectivity index (χ0v) is 16.6. The zero-order valence-electron chi connectivity index (χ0n) is 15.8. The molecule has 0 amide bonds. The number of hydrogen-bond donors (Lipinski definition) is 3. The predicted octanol–water partition coefficient (Wildman–Crippen LogP) is 5.50. The van der Waals surface area contributed by atoms with Gasteiger partial charge in [-0.1, -0.05) is 0 Å². The van der Waals surface area contributed by atoms with E-state index < -0.39 is 0 Å². The third-order valence-corrected chi connectivity index (χ3v) is 6.44. The largest absolute Gasteiger partial charge is 0.346 e. The van der Waals surface area contributed by atoms with Gasteiger partial charge in [-0.3, -0.25) is 15.1 Å². The van der Waals surface area contributed by atoms with Crippen LogP contribution in [0.2, 0.25) is 0 Å². The Labute approximate surface area is 176 Å². The first-order valence-electron chi connectivity index (χ1n) is 9.58. The van der Waals surface area contributed by atoms with Gasteiger partial charge in [0.1, 0.15) is 27.9 Å². The molecule has 6 aromatic heterocycles. The summed E-state index contributed by atoms with van der Waals surface area (Å²) in [6.45, 7) is 0. The van der Waals surface area contributed by atoms with Gasteiger partial charge in [-0.05, 0) is 41.8 Å². The third-order valence-electron chi connectivity index (χ3n) is 5.43. The maximum atomic E-state index is 14.9. The molecule has 8 bridgehead atoms. The van der Waals surface area contributed by atoms with Crippen LogP contribution in [-0.4, -0.2) is 35.1 Å². The van der Waals surface area contributed by atoms with Crippen LogP contribution in [0.5, 0.6) is 0 Å². The Morgan fingerprint density at radius 3 is 2.84 bits per heavy atom. The molecule has 31 heavy (non-hydrogen) atoms. The van der Waals surface area contributed by atoms with Crippen molar-refractivity contribution in [2.75, 3.05) is 0 Å². The van der Waals surface area contributed by atoms with Crippen molar-refractivity contribution in [2.45, 2.75) is 0 Å². The summed E-state index contributed by atoms with van der Waals surface area (Å²) < 4.78 is 15.9. The van der Waals surface area contributed by atoms with E-state index in [2.05, 4.69) is 30.1 Å². The number of nitrogens with one attached hydrogen (secondary N) is 3. The van der Waals surface area contributed by atoms with Crippen LogP contribution in [0.3, 0.4) is 0 Å². The van der Waals surface area contributed by atoms with E-state index in [-0.39, 0.29) is 5.82 Å². The number of H-pyrrole nitrogens is 3. The van der Waals surface area contributed by atoms with Crippen molar-refractivity contribution in [3.8, 4) is 0 Å².